The van der Waals surface area contributed by atoms with E-state index in [1.807, 2.05) is 6.92 Å². The molecular formula is C11H18N4O2S2. The summed E-state index contributed by atoms with van der Waals surface area (Å²) in [5.74, 6) is 1.91. The van der Waals surface area contributed by atoms with Gasteiger partial charge < -0.3 is 10.6 Å². The molecule has 0 spiro atoms. The summed E-state index contributed by atoms with van der Waals surface area (Å²) >= 11 is 1.64. The summed E-state index contributed by atoms with van der Waals surface area (Å²) in [6.07, 6.45) is 2.94. The predicted molar refractivity (Wildman–Crippen MR) is 78.0 cm³/mol. The molecule has 106 valence electrons. The highest BCUT2D eigenvalue weighted by Crippen LogP contribution is 2.24. The Hall–Kier alpha value is -0.860. The van der Waals surface area contributed by atoms with E-state index < -0.39 is 15.2 Å². The maximum absolute atomic E-state index is 11.8. The fraction of sp³-hybridized carbons (Fsp3) is 0.636. The summed E-state index contributed by atoms with van der Waals surface area (Å²) in [6, 6.07) is 0. The van der Waals surface area contributed by atoms with Crippen LogP contribution in [0.2, 0.25) is 0 Å². The Balaban J connectivity index is 2.35. The third-order valence-corrected chi connectivity index (χ3v) is 5.77. The molecule has 1 aliphatic heterocycles. The highest BCUT2D eigenvalue weighted by Gasteiger charge is 2.32. The molecule has 0 bridgehead atoms. The van der Waals surface area contributed by atoms with Crippen molar-refractivity contribution in [2.24, 2.45) is 5.73 Å². The zero-order valence-corrected chi connectivity index (χ0v) is 12.7. The van der Waals surface area contributed by atoms with Crippen LogP contribution in [0.25, 0.3) is 0 Å². The summed E-state index contributed by atoms with van der Waals surface area (Å²) < 4.78 is 23.7. The zero-order chi connectivity index (χ0) is 14.0. The van der Waals surface area contributed by atoms with Crippen LogP contribution in [0, 0.1) is 6.92 Å². The van der Waals surface area contributed by atoms with Gasteiger partial charge in [0, 0.05) is 48.3 Å². The first-order chi connectivity index (χ1) is 8.93. The van der Waals surface area contributed by atoms with Crippen LogP contribution in [0.1, 0.15) is 11.3 Å². The van der Waals surface area contributed by atoms with Crippen LogP contribution >= 0.6 is 11.8 Å². The van der Waals surface area contributed by atoms with Gasteiger partial charge in [-0.3, -0.25) is 0 Å². The molecule has 6 nitrogen and oxygen atoms in total. The molecule has 1 aromatic heterocycles. The van der Waals surface area contributed by atoms with Crippen molar-refractivity contribution in [3.63, 3.8) is 0 Å². The summed E-state index contributed by atoms with van der Waals surface area (Å²) in [7, 11) is -3.15. The number of thioether (sulfide) groups is 1. The molecule has 0 aromatic carbocycles. The molecular weight excluding hydrogens is 284 g/mol. The molecule has 1 unspecified atom stereocenters. The molecule has 2 heterocycles. The molecule has 2 rings (SSSR count). The first kappa shape index (κ1) is 14.5. The summed E-state index contributed by atoms with van der Waals surface area (Å²) in [6.45, 7) is 2.89. The molecule has 0 amide bonds. The molecule has 1 aliphatic rings. The van der Waals surface area contributed by atoms with Crippen LogP contribution < -0.4 is 10.6 Å². The fourth-order valence-corrected chi connectivity index (χ4v) is 4.80. The van der Waals surface area contributed by atoms with E-state index in [2.05, 4.69) is 9.97 Å². The Kier molecular flexibility index (Phi) is 4.32. The highest BCUT2D eigenvalue weighted by atomic mass is 32.2. The minimum absolute atomic E-state index is 0.386. The Morgan fingerprint density at radius 3 is 2.89 bits per heavy atom. The van der Waals surface area contributed by atoms with Crippen LogP contribution in [0.15, 0.2) is 6.20 Å². The third kappa shape index (κ3) is 3.18. The van der Waals surface area contributed by atoms with Crippen molar-refractivity contribution >= 4 is 27.5 Å². The molecule has 0 aliphatic carbocycles. The van der Waals surface area contributed by atoms with E-state index in [1.165, 1.54) is 6.26 Å². The standard InChI is InChI=1S/C11H18N4O2S2/c1-8-9(5-12)6-13-11(14-8)15-3-4-18-7-10(15)19(2,16)17/h6,10H,3-5,7,12H2,1-2H3. The lowest BCUT2D eigenvalue weighted by atomic mass is 10.2. The van der Waals surface area contributed by atoms with Crippen LogP contribution in [0.4, 0.5) is 5.95 Å². The monoisotopic (exact) mass is 302 g/mol. The van der Waals surface area contributed by atoms with Gasteiger partial charge in [0.2, 0.25) is 5.95 Å². The minimum atomic E-state index is -3.15. The van der Waals surface area contributed by atoms with Gasteiger partial charge in [0.05, 0.1) is 0 Å². The van der Waals surface area contributed by atoms with Gasteiger partial charge in [0.25, 0.3) is 0 Å². The Bertz CT molecular complexity index is 562. The minimum Gasteiger partial charge on any atom is -0.326 e. The van der Waals surface area contributed by atoms with Gasteiger partial charge in [0.15, 0.2) is 9.84 Å². The maximum Gasteiger partial charge on any atom is 0.226 e. The zero-order valence-electron chi connectivity index (χ0n) is 11.0. The van der Waals surface area contributed by atoms with Gasteiger partial charge in [-0.15, -0.1) is 0 Å². The maximum atomic E-state index is 11.8. The SMILES string of the molecule is Cc1nc(N2CCSCC2S(C)(=O)=O)ncc1CN. The van der Waals surface area contributed by atoms with Crippen molar-refractivity contribution in [2.75, 3.05) is 29.2 Å². The van der Waals surface area contributed by atoms with Gasteiger partial charge >= 0.3 is 0 Å². The Labute approximate surface area is 117 Å². The number of hydrogen-bond donors (Lipinski definition) is 1. The van der Waals surface area contributed by atoms with E-state index in [-0.39, 0.29) is 0 Å². The average Bonchev–Trinajstić information content (AvgIpc) is 2.37. The normalized spacial score (nSPS) is 20.6. The number of hydrogen-bond acceptors (Lipinski definition) is 7. The molecule has 8 heteroatoms. The van der Waals surface area contributed by atoms with Crippen molar-refractivity contribution < 1.29 is 8.42 Å². The second-order valence-corrected chi connectivity index (χ2v) is 7.89. The molecule has 0 radical (unpaired) electrons. The van der Waals surface area contributed by atoms with Gasteiger partial charge in [-0.25, -0.2) is 18.4 Å². The molecule has 1 saturated heterocycles. The van der Waals surface area contributed by atoms with Crippen molar-refractivity contribution in [1.29, 1.82) is 0 Å². The summed E-state index contributed by atoms with van der Waals surface area (Å²) in [4.78, 5) is 10.4. The number of rotatable bonds is 3. The van der Waals surface area contributed by atoms with E-state index in [9.17, 15) is 8.42 Å². The van der Waals surface area contributed by atoms with Crippen molar-refractivity contribution in [2.45, 2.75) is 18.8 Å². The molecule has 1 aromatic rings. The van der Waals surface area contributed by atoms with Gasteiger partial charge in [-0.2, -0.15) is 11.8 Å². The topological polar surface area (TPSA) is 89.2 Å². The molecule has 2 N–H and O–H groups in total. The number of anilines is 1. The van der Waals surface area contributed by atoms with Crippen molar-refractivity contribution in [3.05, 3.63) is 17.5 Å². The van der Waals surface area contributed by atoms with Gasteiger partial charge in [-0.05, 0) is 6.92 Å². The number of nitrogens with two attached hydrogens (primary N) is 1. The average molecular weight is 302 g/mol. The second kappa shape index (κ2) is 5.64. The Morgan fingerprint density at radius 2 is 2.32 bits per heavy atom. The molecule has 0 saturated carbocycles. The van der Waals surface area contributed by atoms with Crippen LogP contribution in [0.3, 0.4) is 0 Å². The smallest absolute Gasteiger partial charge is 0.226 e. The van der Waals surface area contributed by atoms with Crippen LogP contribution in [-0.4, -0.2) is 48.1 Å². The number of aromatic nitrogens is 2. The fourth-order valence-electron chi connectivity index (χ4n) is 1.98. The largest absolute Gasteiger partial charge is 0.326 e. The van der Waals surface area contributed by atoms with E-state index in [4.69, 9.17) is 5.73 Å². The van der Waals surface area contributed by atoms with E-state index in [0.29, 0.717) is 24.8 Å². The first-order valence-corrected chi connectivity index (χ1v) is 9.10. The quantitative estimate of drug-likeness (QED) is 0.851. The lowest BCUT2D eigenvalue weighted by Crippen LogP contribution is -2.47. The third-order valence-electron chi connectivity index (χ3n) is 3.12. The first-order valence-electron chi connectivity index (χ1n) is 5.99. The number of aryl methyl sites for hydroxylation is 1. The van der Waals surface area contributed by atoms with E-state index in [1.54, 1.807) is 22.9 Å². The Morgan fingerprint density at radius 1 is 1.58 bits per heavy atom. The number of nitrogens with zero attached hydrogens (tertiary/aromatic N) is 3. The highest BCUT2D eigenvalue weighted by molar-refractivity contribution is 8.01. The summed E-state index contributed by atoms with van der Waals surface area (Å²) in [5.41, 5.74) is 7.27. The van der Waals surface area contributed by atoms with Gasteiger partial charge in [-0.1, -0.05) is 0 Å². The molecule has 19 heavy (non-hydrogen) atoms. The predicted octanol–water partition coefficient (Wildman–Crippen LogP) is 0.168. The summed E-state index contributed by atoms with van der Waals surface area (Å²) in [5, 5.41) is -0.547. The van der Waals surface area contributed by atoms with Crippen LogP contribution in [-0.2, 0) is 16.4 Å². The van der Waals surface area contributed by atoms with E-state index in [0.717, 1.165) is 17.0 Å². The van der Waals surface area contributed by atoms with Crippen LogP contribution in [0.5, 0.6) is 0 Å². The lowest BCUT2D eigenvalue weighted by molar-refractivity contribution is 0.582. The van der Waals surface area contributed by atoms with E-state index >= 15 is 0 Å². The second-order valence-electron chi connectivity index (χ2n) is 4.54. The van der Waals surface area contributed by atoms with Crippen molar-refractivity contribution in [1.82, 2.24) is 9.97 Å². The number of sulfone groups is 1. The lowest BCUT2D eigenvalue weighted by Gasteiger charge is -2.34. The molecule has 1 atom stereocenters. The van der Waals surface area contributed by atoms with Gasteiger partial charge in [0.1, 0.15) is 5.37 Å². The molecule has 1 fully saturated rings. The van der Waals surface area contributed by atoms with Crippen molar-refractivity contribution in [3.8, 4) is 0 Å².